The fraction of sp³-hybridized carbons (Fsp3) is 0.200. The first-order chi connectivity index (χ1) is 10.1. The predicted octanol–water partition coefficient (Wildman–Crippen LogP) is 4.89. The normalized spacial score (nSPS) is 12.9. The van der Waals surface area contributed by atoms with E-state index in [4.69, 9.17) is 9.05 Å². The van der Waals surface area contributed by atoms with Crippen molar-refractivity contribution < 1.29 is 13.6 Å². The van der Waals surface area contributed by atoms with Crippen LogP contribution in [0.15, 0.2) is 54.6 Å². The molecule has 1 unspecified atom stereocenters. The Kier molecular flexibility index (Phi) is 5.81. The fourth-order valence-corrected chi connectivity index (χ4v) is 3.74. The van der Waals surface area contributed by atoms with Crippen LogP contribution in [0.3, 0.4) is 0 Å². The zero-order valence-electron chi connectivity index (χ0n) is 11.8. The van der Waals surface area contributed by atoms with Crippen LogP contribution < -0.4 is 5.32 Å². The molecule has 0 saturated carbocycles. The van der Waals surface area contributed by atoms with Crippen molar-refractivity contribution in [3.05, 3.63) is 63.7 Å². The van der Waals surface area contributed by atoms with Gasteiger partial charge in [-0.15, -0.1) is 0 Å². The van der Waals surface area contributed by atoms with Crippen LogP contribution in [0.5, 0.6) is 0 Å². The molecule has 2 rings (SSSR count). The second-order valence-corrected chi connectivity index (χ2v) is 7.94. The molecule has 0 radical (unpaired) electrons. The van der Waals surface area contributed by atoms with E-state index in [9.17, 15) is 4.57 Å². The van der Waals surface area contributed by atoms with Gasteiger partial charge in [0.05, 0.1) is 0 Å². The first kappa shape index (κ1) is 16.5. The van der Waals surface area contributed by atoms with Crippen molar-refractivity contribution in [3.8, 4) is 0 Å². The maximum Gasteiger partial charge on any atom is 0.356 e. The third-order valence-corrected chi connectivity index (χ3v) is 5.88. The molecular formula is C15H17INO3P. The van der Waals surface area contributed by atoms with Gasteiger partial charge in [0, 0.05) is 23.5 Å². The Morgan fingerprint density at radius 2 is 1.57 bits per heavy atom. The average molecular weight is 417 g/mol. The number of rotatable bonds is 6. The molecule has 0 aliphatic heterocycles. The van der Waals surface area contributed by atoms with E-state index in [-0.39, 0.29) is 0 Å². The first-order valence-corrected chi connectivity index (χ1v) is 9.06. The van der Waals surface area contributed by atoms with E-state index in [1.807, 2.05) is 54.6 Å². The number of halogens is 1. The van der Waals surface area contributed by atoms with Crippen molar-refractivity contribution in [2.24, 2.45) is 0 Å². The van der Waals surface area contributed by atoms with Crippen LogP contribution in [-0.2, 0) is 13.6 Å². The van der Waals surface area contributed by atoms with E-state index in [0.29, 0.717) is 0 Å². The lowest BCUT2D eigenvalue weighted by Crippen LogP contribution is -2.13. The minimum Gasteiger partial charge on any atom is -0.368 e. The number of hydrogen-bond acceptors (Lipinski definition) is 4. The minimum absolute atomic E-state index is 0.561. The van der Waals surface area contributed by atoms with Gasteiger partial charge >= 0.3 is 7.60 Å². The summed E-state index contributed by atoms with van der Waals surface area (Å²) in [5, 5.41) is 3.25. The Bertz CT molecular complexity index is 611. The summed E-state index contributed by atoms with van der Waals surface area (Å²) in [5.41, 5.74) is 1.71. The number of nitrogens with one attached hydrogen (secondary N) is 1. The Labute approximate surface area is 138 Å². The quantitative estimate of drug-likeness (QED) is 0.537. The highest BCUT2D eigenvalue weighted by molar-refractivity contribution is 14.1. The number of benzene rings is 2. The Balaban J connectivity index is 2.37. The summed E-state index contributed by atoms with van der Waals surface area (Å²) in [4.78, 5) is 0. The molecule has 1 atom stereocenters. The molecule has 0 bridgehead atoms. The smallest absolute Gasteiger partial charge is 0.356 e. The molecule has 0 aliphatic rings. The molecule has 6 heteroatoms. The highest BCUT2D eigenvalue weighted by atomic mass is 127. The van der Waals surface area contributed by atoms with Gasteiger partial charge in [0.1, 0.15) is 0 Å². The van der Waals surface area contributed by atoms with Gasteiger partial charge < -0.3 is 14.4 Å². The van der Waals surface area contributed by atoms with Crippen LogP contribution in [0.4, 0.5) is 5.69 Å². The van der Waals surface area contributed by atoms with Crippen molar-refractivity contribution in [3.63, 3.8) is 0 Å². The summed E-state index contributed by atoms with van der Waals surface area (Å²) in [7, 11) is -0.506. The molecule has 0 aromatic heterocycles. The summed E-state index contributed by atoms with van der Waals surface area (Å²) in [6.07, 6.45) is 0. The van der Waals surface area contributed by atoms with Crippen molar-refractivity contribution in [2.45, 2.75) is 5.78 Å². The van der Waals surface area contributed by atoms with E-state index in [0.717, 1.165) is 14.8 Å². The van der Waals surface area contributed by atoms with Crippen molar-refractivity contribution >= 4 is 35.9 Å². The van der Waals surface area contributed by atoms with Gasteiger partial charge in [-0.3, -0.25) is 4.57 Å². The van der Waals surface area contributed by atoms with Crippen LogP contribution in [0, 0.1) is 3.57 Å². The molecule has 0 amide bonds. The highest BCUT2D eigenvalue weighted by Gasteiger charge is 2.35. The molecular weight excluding hydrogens is 400 g/mol. The van der Waals surface area contributed by atoms with Crippen molar-refractivity contribution in [1.29, 1.82) is 0 Å². The molecule has 0 spiro atoms. The molecule has 4 nitrogen and oxygen atoms in total. The van der Waals surface area contributed by atoms with Gasteiger partial charge in [-0.05, 0) is 52.4 Å². The van der Waals surface area contributed by atoms with Crippen molar-refractivity contribution in [1.82, 2.24) is 0 Å². The summed E-state index contributed by atoms with van der Waals surface area (Å²) in [6, 6.07) is 17.3. The zero-order chi connectivity index (χ0) is 15.3. The SMILES string of the molecule is COP(=O)(OC)C(Nc1ccc(I)cc1)c1ccccc1. The second kappa shape index (κ2) is 7.40. The molecule has 0 saturated heterocycles. The fourth-order valence-electron chi connectivity index (χ4n) is 1.97. The van der Waals surface area contributed by atoms with Gasteiger partial charge in [0.2, 0.25) is 0 Å². The van der Waals surface area contributed by atoms with Crippen LogP contribution in [0.25, 0.3) is 0 Å². The van der Waals surface area contributed by atoms with E-state index in [1.54, 1.807) is 0 Å². The van der Waals surface area contributed by atoms with Gasteiger partial charge in [-0.1, -0.05) is 30.3 Å². The maximum atomic E-state index is 12.8. The summed E-state index contributed by atoms with van der Waals surface area (Å²) < 4.78 is 24.3. The number of hydrogen-bond donors (Lipinski definition) is 1. The largest absolute Gasteiger partial charge is 0.368 e. The van der Waals surface area contributed by atoms with Crippen LogP contribution in [0.1, 0.15) is 11.3 Å². The predicted molar refractivity (Wildman–Crippen MR) is 93.6 cm³/mol. The van der Waals surface area contributed by atoms with Gasteiger partial charge in [-0.2, -0.15) is 0 Å². The molecule has 2 aromatic carbocycles. The molecule has 0 heterocycles. The lowest BCUT2D eigenvalue weighted by molar-refractivity contribution is 0.268. The minimum atomic E-state index is -3.30. The molecule has 1 N–H and O–H groups in total. The topological polar surface area (TPSA) is 47.6 Å². The standard InChI is InChI=1S/C15H17INO3P/c1-19-21(18,20-2)15(12-6-4-3-5-7-12)17-14-10-8-13(16)9-11-14/h3-11,15,17H,1-2H3. The van der Waals surface area contributed by atoms with Gasteiger partial charge in [-0.25, -0.2) is 0 Å². The third-order valence-electron chi connectivity index (χ3n) is 3.09. The van der Waals surface area contributed by atoms with Gasteiger partial charge in [0.25, 0.3) is 0 Å². The summed E-state index contributed by atoms with van der Waals surface area (Å²) in [6.45, 7) is 0. The third kappa shape index (κ3) is 4.07. The van der Waals surface area contributed by atoms with E-state index in [1.165, 1.54) is 14.2 Å². The van der Waals surface area contributed by atoms with Crippen LogP contribution in [0.2, 0.25) is 0 Å². The second-order valence-electron chi connectivity index (χ2n) is 4.37. The van der Waals surface area contributed by atoms with Crippen LogP contribution in [-0.4, -0.2) is 14.2 Å². The van der Waals surface area contributed by atoms with E-state index in [2.05, 4.69) is 27.9 Å². The molecule has 0 aliphatic carbocycles. The lowest BCUT2D eigenvalue weighted by Gasteiger charge is -2.26. The average Bonchev–Trinajstić information content (AvgIpc) is 2.54. The zero-order valence-corrected chi connectivity index (χ0v) is 14.9. The Morgan fingerprint density at radius 1 is 1.00 bits per heavy atom. The summed E-state index contributed by atoms with van der Waals surface area (Å²) >= 11 is 2.24. The molecule has 21 heavy (non-hydrogen) atoms. The molecule has 0 fully saturated rings. The lowest BCUT2D eigenvalue weighted by atomic mass is 10.2. The summed E-state index contributed by atoms with van der Waals surface area (Å²) in [5.74, 6) is -0.561. The molecule has 112 valence electrons. The molecule has 2 aromatic rings. The first-order valence-electron chi connectivity index (χ1n) is 6.37. The number of anilines is 1. The van der Waals surface area contributed by atoms with Crippen molar-refractivity contribution in [2.75, 3.05) is 19.5 Å². The van der Waals surface area contributed by atoms with E-state index < -0.39 is 13.4 Å². The van der Waals surface area contributed by atoms with Crippen LogP contribution >= 0.6 is 30.2 Å². The Hall–Kier alpha value is -0.880. The van der Waals surface area contributed by atoms with Gasteiger partial charge in [0.15, 0.2) is 5.78 Å². The maximum absolute atomic E-state index is 12.8. The highest BCUT2D eigenvalue weighted by Crippen LogP contribution is 2.59. The van der Waals surface area contributed by atoms with E-state index >= 15 is 0 Å². The Morgan fingerprint density at radius 3 is 2.10 bits per heavy atom. The monoisotopic (exact) mass is 417 g/mol.